The van der Waals surface area contributed by atoms with E-state index in [0.717, 1.165) is 134 Å². The number of hydrogen-bond donors (Lipinski definition) is 0. The number of amides is 1. The molecule has 1 aromatic rings. The van der Waals surface area contributed by atoms with Gasteiger partial charge in [0.15, 0.2) is 0 Å². The SMILES string of the molecule is CCCCCCCCC(=O)OCC(COC(=O)CCCCCCCC)CC(=O)OC[C@H]1CC[C@@H](COC(=O)CC(COC(=O)CCCCCCCC)COC(=O)CCCCCCCC)N1C(=O)OCCN(C)c1ccncc1. The van der Waals surface area contributed by atoms with Crippen LogP contribution in [0.15, 0.2) is 24.5 Å². The summed E-state index contributed by atoms with van der Waals surface area (Å²) in [6.45, 7) is 8.14. The Kier molecular flexibility index (Phi) is 40.7. The van der Waals surface area contributed by atoms with Crippen LogP contribution in [-0.4, -0.2) is 124 Å². The number of nitrogens with zero attached hydrogens (tertiary/aromatic N) is 3. The molecule has 1 fully saturated rings. The van der Waals surface area contributed by atoms with Crippen LogP contribution < -0.4 is 4.90 Å². The van der Waals surface area contributed by atoms with Gasteiger partial charge in [-0.25, -0.2) is 4.79 Å². The second-order valence-corrected chi connectivity index (χ2v) is 21.3. The Bertz CT molecular complexity index is 1610. The van der Waals surface area contributed by atoms with Gasteiger partial charge in [-0.3, -0.25) is 38.7 Å². The summed E-state index contributed by atoms with van der Waals surface area (Å²) in [5, 5.41) is 0. The normalized spacial score (nSPS) is 14.1. The lowest BCUT2D eigenvalue weighted by molar-refractivity contribution is -0.155. The van der Waals surface area contributed by atoms with Gasteiger partial charge in [0.25, 0.3) is 0 Å². The van der Waals surface area contributed by atoms with Crippen LogP contribution in [0.1, 0.15) is 233 Å². The van der Waals surface area contributed by atoms with Crippen molar-refractivity contribution in [2.45, 2.75) is 245 Å². The molecule has 1 aliphatic rings. The Morgan fingerprint density at radius 1 is 0.462 bits per heavy atom. The number of unbranched alkanes of at least 4 members (excludes halogenated alkanes) is 20. The second kappa shape index (κ2) is 45.9. The fourth-order valence-corrected chi connectivity index (χ4v) is 9.29. The molecule has 0 radical (unpaired) electrons. The Labute approximate surface area is 469 Å². The van der Waals surface area contributed by atoms with E-state index >= 15 is 0 Å². The van der Waals surface area contributed by atoms with Crippen molar-refractivity contribution in [2.24, 2.45) is 11.8 Å². The van der Waals surface area contributed by atoms with E-state index in [0.29, 0.717) is 45.1 Å². The molecule has 0 N–H and O–H groups in total. The maximum atomic E-state index is 14.0. The fourth-order valence-electron chi connectivity index (χ4n) is 9.29. The van der Waals surface area contributed by atoms with E-state index in [-0.39, 0.29) is 109 Å². The number of rotatable bonds is 48. The van der Waals surface area contributed by atoms with E-state index < -0.39 is 42.0 Å². The molecule has 78 heavy (non-hydrogen) atoms. The van der Waals surface area contributed by atoms with Crippen molar-refractivity contribution in [3.63, 3.8) is 0 Å². The summed E-state index contributed by atoms with van der Waals surface area (Å²) in [6, 6.07) is 2.43. The van der Waals surface area contributed by atoms with E-state index in [9.17, 15) is 33.6 Å². The first-order valence-corrected chi connectivity index (χ1v) is 30.4. The number of pyridine rings is 1. The maximum Gasteiger partial charge on any atom is 0.410 e. The van der Waals surface area contributed by atoms with Crippen molar-refractivity contribution in [1.82, 2.24) is 9.88 Å². The number of anilines is 1. The smallest absolute Gasteiger partial charge is 0.410 e. The van der Waals surface area contributed by atoms with Gasteiger partial charge in [-0.2, -0.15) is 0 Å². The van der Waals surface area contributed by atoms with E-state index in [2.05, 4.69) is 32.7 Å². The van der Waals surface area contributed by atoms with Crippen molar-refractivity contribution in [1.29, 1.82) is 0 Å². The Hall–Kier alpha value is -4.96. The zero-order valence-electron chi connectivity index (χ0n) is 49.0. The van der Waals surface area contributed by atoms with Crippen LogP contribution in [0.25, 0.3) is 0 Å². The van der Waals surface area contributed by atoms with Crippen LogP contribution in [0.4, 0.5) is 10.5 Å². The third-order valence-corrected chi connectivity index (χ3v) is 14.2. The Morgan fingerprint density at radius 3 is 1.12 bits per heavy atom. The zero-order chi connectivity index (χ0) is 56.9. The molecule has 0 aliphatic carbocycles. The predicted octanol–water partition coefficient (Wildman–Crippen LogP) is 12.8. The summed E-state index contributed by atoms with van der Waals surface area (Å²) in [4.78, 5) is 99.5. The molecule has 0 bridgehead atoms. The topological polar surface area (TPSA) is 203 Å². The first kappa shape index (κ1) is 69.1. The van der Waals surface area contributed by atoms with E-state index in [1.165, 1.54) is 4.90 Å². The molecular formula is C61H103N3O14. The summed E-state index contributed by atoms with van der Waals surface area (Å²) in [5.74, 6) is -4.03. The molecule has 1 aliphatic heterocycles. The molecule has 446 valence electrons. The number of aromatic nitrogens is 1. The quantitative estimate of drug-likeness (QED) is 0.0338. The van der Waals surface area contributed by atoms with Gasteiger partial charge in [-0.1, -0.05) is 156 Å². The third kappa shape index (κ3) is 34.8. The number of likely N-dealkylation sites (N-methyl/N-ethyl adjacent to an activating group) is 1. The van der Waals surface area contributed by atoms with Crippen molar-refractivity contribution in [3.05, 3.63) is 24.5 Å². The number of ether oxygens (including phenoxy) is 7. The standard InChI is InChI=1S/C61H103N3O14/c1-6-10-14-18-22-26-30-55(65)73-44-50(45-74-56(66)31-27-23-19-15-11-7-2)42-59(69)77-48-53-34-35-54(64(53)61(71)72-41-40-63(5)52-36-38-62-39-37-52)49-78-60(70)43-51(46-75-57(67)32-28-24-20-16-12-8-3)47-76-58(68)33-29-25-21-17-13-9-4/h36-39,50-51,53-54H,6-35,40-49H2,1-5H3/t53-,54+. The van der Waals surface area contributed by atoms with Crippen LogP contribution in [0.3, 0.4) is 0 Å². The average Bonchev–Trinajstić information content (AvgIpc) is 3.86. The van der Waals surface area contributed by atoms with Crippen molar-refractivity contribution >= 4 is 47.6 Å². The van der Waals surface area contributed by atoms with E-state index in [4.69, 9.17) is 33.2 Å². The van der Waals surface area contributed by atoms with Crippen LogP contribution in [0.2, 0.25) is 0 Å². The van der Waals surface area contributed by atoms with Crippen LogP contribution >= 0.6 is 0 Å². The van der Waals surface area contributed by atoms with Crippen LogP contribution in [0, 0.1) is 11.8 Å². The summed E-state index contributed by atoms with van der Waals surface area (Å²) in [7, 11) is 1.87. The lowest BCUT2D eigenvalue weighted by Gasteiger charge is -2.30. The van der Waals surface area contributed by atoms with Crippen LogP contribution in [-0.2, 0) is 61.9 Å². The summed E-state index contributed by atoms with van der Waals surface area (Å²) < 4.78 is 39.8. The van der Waals surface area contributed by atoms with Gasteiger partial charge in [0.1, 0.15) is 19.8 Å². The molecule has 17 nitrogen and oxygen atoms in total. The highest BCUT2D eigenvalue weighted by Gasteiger charge is 2.40. The maximum absolute atomic E-state index is 14.0. The largest absolute Gasteiger partial charge is 0.465 e. The highest BCUT2D eigenvalue weighted by Crippen LogP contribution is 2.27. The molecule has 2 heterocycles. The highest BCUT2D eigenvalue weighted by molar-refractivity contribution is 5.73. The van der Waals surface area contributed by atoms with Gasteiger partial charge in [-0.05, 0) is 50.7 Å². The van der Waals surface area contributed by atoms with Gasteiger partial charge in [0.05, 0.1) is 57.9 Å². The van der Waals surface area contributed by atoms with E-state index in [1.54, 1.807) is 12.4 Å². The monoisotopic (exact) mass is 1100 g/mol. The number of esters is 6. The molecular weight excluding hydrogens is 999 g/mol. The second-order valence-electron chi connectivity index (χ2n) is 21.3. The summed E-state index contributed by atoms with van der Waals surface area (Å²) in [5.41, 5.74) is 0.883. The first-order chi connectivity index (χ1) is 37.9. The molecule has 1 aromatic heterocycles. The zero-order valence-corrected chi connectivity index (χ0v) is 49.0. The number of likely N-dealkylation sites (tertiary alicyclic amines) is 1. The van der Waals surface area contributed by atoms with Gasteiger partial charge in [0, 0.05) is 62.6 Å². The Morgan fingerprint density at radius 2 is 0.782 bits per heavy atom. The molecule has 0 aromatic carbocycles. The molecule has 0 unspecified atom stereocenters. The molecule has 17 heteroatoms. The minimum atomic E-state index is -0.669. The minimum Gasteiger partial charge on any atom is -0.465 e. The van der Waals surface area contributed by atoms with Gasteiger partial charge >= 0.3 is 41.9 Å². The third-order valence-electron chi connectivity index (χ3n) is 14.2. The van der Waals surface area contributed by atoms with Gasteiger partial charge in [-0.15, -0.1) is 0 Å². The number of carbonyl (C=O) groups excluding carboxylic acids is 7. The first-order valence-electron chi connectivity index (χ1n) is 30.4. The lowest BCUT2D eigenvalue weighted by atomic mass is 10.1. The minimum absolute atomic E-state index is 0.0286. The predicted molar refractivity (Wildman–Crippen MR) is 301 cm³/mol. The number of hydrogen-bond acceptors (Lipinski definition) is 16. The summed E-state index contributed by atoms with van der Waals surface area (Å²) in [6.07, 6.45) is 28.5. The Balaban J connectivity index is 2.14. The molecule has 2 rings (SSSR count). The van der Waals surface area contributed by atoms with Crippen molar-refractivity contribution in [3.8, 4) is 0 Å². The molecule has 2 atom stereocenters. The molecule has 1 amide bonds. The van der Waals surface area contributed by atoms with Gasteiger partial charge < -0.3 is 38.1 Å². The number of carbonyl (C=O) groups is 7. The van der Waals surface area contributed by atoms with Crippen molar-refractivity contribution in [2.75, 3.05) is 64.7 Å². The molecule has 0 spiro atoms. The fraction of sp³-hybridized carbons (Fsp3) is 0.803. The highest BCUT2D eigenvalue weighted by atomic mass is 16.6. The van der Waals surface area contributed by atoms with Crippen molar-refractivity contribution < 1.29 is 66.7 Å². The van der Waals surface area contributed by atoms with Crippen LogP contribution in [0.5, 0.6) is 0 Å². The molecule has 1 saturated heterocycles. The molecule has 0 saturated carbocycles. The average molecular weight is 1100 g/mol. The lowest BCUT2D eigenvalue weighted by Crippen LogP contribution is -2.46. The summed E-state index contributed by atoms with van der Waals surface area (Å²) >= 11 is 0. The van der Waals surface area contributed by atoms with E-state index in [1.807, 2.05) is 24.1 Å². The van der Waals surface area contributed by atoms with Gasteiger partial charge in [0.2, 0.25) is 0 Å².